The molecule has 2 aliphatic carbocycles. The molecule has 22 heavy (non-hydrogen) atoms. The van der Waals surface area contributed by atoms with Crippen LogP contribution in [0.5, 0.6) is 0 Å². The fraction of sp³-hybridized carbons (Fsp3) is 0.778. The van der Waals surface area contributed by atoms with E-state index in [9.17, 15) is 9.59 Å². The van der Waals surface area contributed by atoms with Crippen LogP contribution in [0.2, 0.25) is 0 Å². The molecule has 2 aliphatic rings. The largest absolute Gasteiger partial charge is 0.465 e. The zero-order valence-electron chi connectivity index (χ0n) is 13.9. The first-order valence-corrected chi connectivity index (χ1v) is 8.68. The summed E-state index contributed by atoms with van der Waals surface area (Å²) >= 11 is 0. The zero-order valence-corrected chi connectivity index (χ0v) is 13.9. The van der Waals surface area contributed by atoms with Gasteiger partial charge in [0.25, 0.3) is 0 Å². The first-order valence-electron chi connectivity index (χ1n) is 8.68. The summed E-state index contributed by atoms with van der Waals surface area (Å²) in [4.78, 5) is 23.2. The van der Waals surface area contributed by atoms with Crippen LogP contribution in [0.1, 0.15) is 65.2 Å². The standard InChI is InChI=1S/C18H28O4/c1-3-21-18(20)16-13(2)15(16)11-6-4-5-7-12-22-17(19)14-9-8-10-14/h14,16H,3-12H2,1-2H3/t16-/m1/s1. The maximum atomic E-state index is 11.6. The lowest BCUT2D eigenvalue weighted by Gasteiger charge is -2.22. The van der Waals surface area contributed by atoms with Crippen LogP contribution in [0.4, 0.5) is 0 Å². The minimum absolute atomic E-state index is 0.00212. The van der Waals surface area contributed by atoms with Crippen LogP contribution in [-0.4, -0.2) is 25.2 Å². The van der Waals surface area contributed by atoms with Crippen molar-refractivity contribution in [2.75, 3.05) is 13.2 Å². The molecule has 0 aromatic carbocycles. The highest BCUT2D eigenvalue weighted by Gasteiger charge is 2.39. The molecule has 0 unspecified atom stereocenters. The maximum Gasteiger partial charge on any atom is 0.317 e. The van der Waals surface area contributed by atoms with Crippen molar-refractivity contribution in [3.05, 3.63) is 11.1 Å². The van der Waals surface area contributed by atoms with Gasteiger partial charge in [-0.25, -0.2) is 0 Å². The quantitative estimate of drug-likeness (QED) is 0.350. The highest BCUT2D eigenvalue weighted by atomic mass is 16.5. The van der Waals surface area contributed by atoms with E-state index in [0.717, 1.165) is 44.9 Å². The molecule has 0 aliphatic heterocycles. The van der Waals surface area contributed by atoms with E-state index in [0.29, 0.717) is 13.2 Å². The molecule has 2 rings (SSSR count). The van der Waals surface area contributed by atoms with E-state index in [4.69, 9.17) is 9.47 Å². The van der Waals surface area contributed by atoms with Gasteiger partial charge in [-0.3, -0.25) is 9.59 Å². The van der Waals surface area contributed by atoms with Crippen LogP contribution in [0, 0.1) is 11.8 Å². The summed E-state index contributed by atoms with van der Waals surface area (Å²) in [5.41, 5.74) is 2.47. The lowest BCUT2D eigenvalue weighted by atomic mass is 9.86. The van der Waals surface area contributed by atoms with E-state index in [1.807, 2.05) is 13.8 Å². The third-order valence-electron chi connectivity index (χ3n) is 4.75. The Balaban J connectivity index is 1.45. The molecule has 0 aromatic heterocycles. The monoisotopic (exact) mass is 308 g/mol. The number of rotatable bonds is 10. The average molecular weight is 308 g/mol. The Bertz CT molecular complexity index is 434. The molecule has 1 fully saturated rings. The lowest BCUT2D eigenvalue weighted by Crippen LogP contribution is -2.24. The summed E-state index contributed by atoms with van der Waals surface area (Å²) in [6.07, 6.45) is 8.42. The predicted octanol–water partition coefficient (Wildman–Crippen LogP) is 3.79. The first-order chi connectivity index (χ1) is 10.6. The van der Waals surface area contributed by atoms with Gasteiger partial charge in [0.05, 0.1) is 25.0 Å². The van der Waals surface area contributed by atoms with E-state index in [1.165, 1.54) is 17.6 Å². The van der Waals surface area contributed by atoms with Crippen LogP contribution >= 0.6 is 0 Å². The molecule has 0 saturated heterocycles. The zero-order chi connectivity index (χ0) is 15.9. The van der Waals surface area contributed by atoms with Crippen LogP contribution < -0.4 is 0 Å². The van der Waals surface area contributed by atoms with Crippen molar-refractivity contribution in [3.8, 4) is 0 Å². The maximum absolute atomic E-state index is 11.6. The van der Waals surface area contributed by atoms with E-state index in [1.54, 1.807) is 0 Å². The summed E-state index contributed by atoms with van der Waals surface area (Å²) < 4.78 is 10.3. The van der Waals surface area contributed by atoms with Crippen molar-refractivity contribution in [1.82, 2.24) is 0 Å². The number of ether oxygens (including phenoxy) is 2. The Kier molecular flexibility index (Phi) is 6.47. The molecule has 4 heteroatoms. The minimum Gasteiger partial charge on any atom is -0.465 e. The highest BCUT2D eigenvalue weighted by molar-refractivity contribution is 5.85. The van der Waals surface area contributed by atoms with Gasteiger partial charge < -0.3 is 9.47 Å². The number of carbonyl (C=O) groups is 2. The number of hydrogen-bond acceptors (Lipinski definition) is 4. The molecular weight excluding hydrogens is 280 g/mol. The Morgan fingerprint density at radius 3 is 2.41 bits per heavy atom. The topological polar surface area (TPSA) is 52.6 Å². The second-order valence-electron chi connectivity index (χ2n) is 6.35. The van der Waals surface area contributed by atoms with E-state index < -0.39 is 0 Å². The molecule has 0 amide bonds. The smallest absolute Gasteiger partial charge is 0.317 e. The van der Waals surface area contributed by atoms with E-state index in [2.05, 4.69) is 0 Å². The van der Waals surface area contributed by atoms with Crippen molar-refractivity contribution < 1.29 is 19.1 Å². The SMILES string of the molecule is CCOC(=O)[C@@H]1C(C)=C1CCCCCCOC(=O)C1CCC1. The fourth-order valence-corrected chi connectivity index (χ4v) is 2.98. The Morgan fingerprint density at radius 2 is 1.77 bits per heavy atom. The van der Waals surface area contributed by atoms with Gasteiger partial charge >= 0.3 is 11.9 Å². The van der Waals surface area contributed by atoms with Gasteiger partial charge in [-0.1, -0.05) is 30.4 Å². The molecule has 0 N–H and O–H groups in total. The van der Waals surface area contributed by atoms with Gasteiger partial charge in [-0.15, -0.1) is 0 Å². The molecule has 0 aromatic rings. The third kappa shape index (κ3) is 4.59. The number of hydrogen-bond donors (Lipinski definition) is 0. The molecule has 124 valence electrons. The predicted molar refractivity (Wildman–Crippen MR) is 84.2 cm³/mol. The number of unbranched alkanes of at least 4 members (excludes halogenated alkanes) is 3. The molecule has 1 atom stereocenters. The van der Waals surface area contributed by atoms with Crippen LogP contribution in [0.3, 0.4) is 0 Å². The molecule has 0 heterocycles. The summed E-state index contributed by atoms with van der Waals surface area (Å²) in [6, 6.07) is 0. The van der Waals surface area contributed by atoms with E-state index >= 15 is 0 Å². The average Bonchev–Trinajstić information content (AvgIpc) is 3.06. The first kappa shape index (κ1) is 17.0. The second kappa shape index (κ2) is 8.35. The van der Waals surface area contributed by atoms with Crippen molar-refractivity contribution in [3.63, 3.8) is 0 Å². The minimum atomic E-state index is -0.0853. The van der Waals surface area contributed by atoms with Crippen LogP contribution in [0.25, 0.3) is 0 Å². The molecule has 0 bridgehead atoms. The summed E-state index contributed by atoms with van der Waals surface area (Å²) in [5, 5.41) is 0. The Hall–Kier alpha value is -1.32. The van der Waals surface area contributed by atoms with Gasteiger partial charge in [-0.2, -0.15) is 0 Å². The molecule has 0 spiro atoms. The van der Waals surface area contributed by atoms with Crippen LogP contribution in [0.15, 0.2) is 11.1 Å². The van der Waals surface area contributed by atoms with E-state index in [-0.39, 0.29) is 23.8 Å². The molecular formula is C18H28O4. The Labute approximate surface area is 133 Å². The number of carbonyl (C=O) groups excluding carboxylic acids is 2. The molecule has 4 nitrogen and oxygen atoms in total. The van der Waals surface area contributed by atoms with Crippen LogP contribution in [-0.2, 0) is 19.1 Å². The summed E-state index contributed by atoms with van der Waals surface area (Å²) in [7, 11) is 0. The van der Waals surface area contributed by atoms with Crippen molar-refractivity contribution in [2.24, 2.45) is 11.8 Å². The van der Waals surface area contributed by atoms with Gasteiger partial charge in [0.15, 0.2) is 0 Å². The summed E-state index contributed by atoms with van der Waals surface area (Å²) in [5.74, 6) is 0.0770. The van der Waals surface area contributed by atoms with Gasteiger partial charge in [0, 0.05) is 0 Å². The second-order valence-corrected chi connectivity index (χ2v) is 6.35. The van der Waals surface area contributed by atoms with Crippen molar-refractivity contribution in [1.29, 1.82) is 0 Å². The highest BCUT2D eigenvalue weighted by Crippen LogP contribution is 2.43. The van der Waals surface area contributed by atoms with Crippen molar-refractivity contribution >= 4 is 11.9 Å². The van der Waals surface area contributed by atoms with Gasteiger partial charge in [-0.05, 0) is 46.0 Å². The molecule has 1 saturated carbocycles. The molecule has 0 radical (unpaired) electrons. The fourth-order valence-electron chi connectivity index (χ4n) is 2.98. The lowest BCUT2D eigenvalue weighted by molar-refractivity contribution is -0.151. The third-order valence-corrected chi connectivity index (χ3v) is 4.75. The van der Waals surface area contributed by atoms with Gasteiger partial charge in [0.1, 0.15) is 0 Å². The normalized spacial score (nSPS) is 20.5. The summed E-state index contributed by atoms with van der Waals surface area (Å²) in [6.45, 7) is 4.88. The van der Waals surface area contributed by atoms with Gasteiger partial charge in [0.2, 0.25) is 0 Å². The number of esters is 2. The Morgan fingerprint density at radius 1 is 1.05 bits per heavy atom. The van der Waals surface area contributed by atoms with Crippen molar-refractivity contribution in [2.45, 2.75) is 65.2 Å².